The van der Waals surface area contributed by atoms with Crippen molar-refractivity contribution in [3.05, 3.63) is 22.9 Å². The highest BCUT2D eigenvalue weighted by Crippen LogP contribution is 2.18. The number of hydrogen-bond acceptors (Lipinski definition) is 2. The van der Waals surface area contributed by atoms with Gasteiger partial charge in [-0.3, -0.25) is 4.98 Å². The van der Waals surface area contributed by atoms with E-state index >= 15 is 0 Å². The minimum atomic E-state index is 0.219. The molecule has 1 unspecified atom stereocenters. The first kappa shape index (κ1) is 10.5. The lowest BCUT2D eigenvalue weighted by atomic mass is 10.1. The molecule has 1 aromatic rings. The third kappa shape index (κ3) is 3.35. The van der Waals surface area contributed by atoms with Crippen LogP contribution < -0.4 is 4.74 Å². The van der Waals surface area contributed by atoms with Gasteiger partial charge in [0.1, 0.15) is 5.75 Å². The van der Waals surface area contributed by atoms with Crippen LogP contribution in [-0.2, 0) is 0 Å². The van der Waals surface area contributed by atoms with Gasteiger partial charge in [-0.05, 0) is 34.8 Å². The topological polar surface area (TPSA) is 22.1 Å². The highest BCUT2D eigenvalue weighted by molar-refractivity contribution is 9.10. The van der Waals surface area contributed by atoms with Crippen LogP contribution in [0.3, 0.4) is 0 Å². The Kier molecular flexibility index (Phi) is 3.72. The smallest absolute Gasteiger partial charge is 0.139 e. The van der Waals surface area contributed by atoms with Gasteiger partial charge in [-0.1, -0.05) is 13.8 Å². The molecule has 0 spiro atoms. The quantitative estimate of drug-likeness (QED) is 0.814. The van der Waals surface area contributed by atoms with Crippen molar-refractivity contribution in [1.29, 1.82) is 0 Å². The molecule has 0 bridgehead atoms. The molecule has 0 saturated carbocycles. The van der Waals surface area contributed by atoms with Gasteiger partial charge >= 0.3 is 0 Å². The number of hydrogen-bond donors (Lipinski definition) is 0. The van der Waals surface area contributed by atoms with Crippen LogP contribution in [0.25, 0.3) is 0 Å². The number of ether oxygens (including phenoxy) is 1. The normalized spacial score (nSPS) is 13.0. The van der Waals surface area contributed by atoms with Gasteiger partial charge in [0.25, 0.3) is 0 Å². The first-order chi connectivity index (χ1) is 6.09. The van der Waals surface area contributed by atoms with Crippen LogP contribution in [-0.4, -0.2) is 11.1 Å². The molecule has 13 heavy (non-hydrogen) atoms. The Bertz CT molecular complexity index is 275. The van der Waals surface area contributed by atoms with Crippen LogP contribution in [0, 0.1) is 5.92 Å². The lowest BCUT2D eigenvalue weighted by molar-refractivity contribution is 0.170. The lowest BCUT2D eigenvalue weighted by Gasteiger charge is -2.17. The van der Waals surface area contributed by atoms with E-state index in [4.69, 9.17) is 4.74 Å². The van der Waals surface area contributed by atoms with Gasteiger partial charge in [0.05, 0.1) is 12.3 Å². The second kappa shape index (κ2) is 4.61. The minimum Gasteiger partial charge on any atom is -0.489 e. The molecule has 3 heteroatoms. The number of nitrogens with zero attached hydrogens (tertiary/aromatic N) is 1. The maximum absolute atomic E-state index is 5.66. The summed E-state index contributed by atoms with van der Waals surface area (Å²) in [7, 11) is 0. The van der Waals surface area contributed by atoms with Crippen molar-refractivity contribution in [2.24, 2.45) is 5.92 Å². The van der Waals surface area contributed by atoms with E-state index in [0.717, 1.165) is 10.2 Å². The average molecular weight is 244 g/mol. The van der Waals surface area contributed by atoms with Gasteiger partial charge in [0, 0.05) is 10.7 Å². The predicted octanol–water partition coefficient (Wildman–Crippen LogP) is 3.27. The highest BCUT2D eigenvalue weighted by atomic mass is 79.9. The molecule has 0 aliphatic heterocycles. The van der Waals surface area contributed by atoms with Gasteiger partial charge in [-0.15, -0.1) is 0 Å². The maximum Gasteiger partial charge on any atom is 0.139 e. The Morgan fingerprint density at radius 2 is 2.00 bits per heavy atom. The highest BCUT2D eigenvalue weighted by Gasteiger charge is 2.08. The summed E-state index contributed by atoms with van der Waals surface area (Å²) in [5.41, 5.74) is 0. The molecule has 1 heterocycles. The number of aromatic nitrogens is 1. The van der Waals surface area contributed by atoms with Gasteiger partial charge < -0.3 is 4.74 Å². The van der Waals surface area contributed by atoms with E-state index < -0.39 is 0 Å². The van der Waals surface area contributed by atoms with E-state index in [1.54, 1.807) is 12.4 Å². The summed E-state index contributed by atoms with van der Waals surface area (Å²) >= 11 is 3.35. The van der Waals surface area contributed by atoms with E-state index in [-0.39, 0.29) is 6.10 Å². The van der Waals surface area contributed by atoms with Crippen LogP contribution in [0.2, 0.25) is 0 Å². The largest absolute Gasteiger partial charge is 0.489 e. The molecule has 0 aliphatic rings. The summed E-state index contributed by atoms with van der Waals surface area (Å²) < 4.78 is 6.61. The molecule has 2 nitrogen and oxygen atoms in total. The molecule has 0 amide bonds. The Morgan fingerprint density at radius 1 is 1.31 bits per heavy atom. The molecule has 1 atom stereocenters. The fourth-order valence-electron chi connectivity index (χ4n) is 0.808. The summed E-state index contributed by atoms with van der Waals surface area (Å²) in [6, 6.07) is 1.92. The third-order valence-corrected chi connectivity index (χ3v) is 2.37. The molecule has 0 N–H and O–H groups in total. The van der Waals surface area contributed by atoms with Crippen molar-refractivity contribution in [2.75, 3.05) is 0 Å². The zero-order chi connectivity index (χ0) is 9.84. The van der Waals surface area contributed by atoms with Crippen molar-refractivity contribution in [1.82, 2.24) is 4.98 Å². The minimum absolute atomic E-state index is 0.219. The van der Waals surface area contributed by atoms with Crippen LogP contribution in [0.5, 0.6) is 5.75 Å². The van der Waals surface area contributed by atoms with E-state index in [1.165, 1.54) is 0 Å². The van der Waals surface area contributed by atoms with E-state index in [1.807, 2.05) is 6.07 Å². The zero-order valence-corrected chi connectivity index (χ0v) is 9.71. The summed E-state index contributed by atoms with van der Waals surface area (Å²) in [6.07, 6.45) is 3.69. The van der Waals surface area contributed by atoms with Crippen LogP contribution in [0.4, 0.5) is 0 Å². The fourth-order valence-corrected chi connectivity index (χ4v) is 1.15. The van der Waals surface area contributed by atoms with E-state index in [0.29, 0.717) is 5.92 Å². The van der Waals surface area contributed by atoms with Crippen molar-refractivity contribution in [3.8, 4) is 5.75 Å². The van der Waals surface area contributed by atoms with Crippen molar-refractivity contribution < 1.29 is 4.74 Å². The first-order valence-corrected chi connectivity index (χ1v) is 5.16. The van der Waals surface area contributed by atoms with E-state index in [9.17, 15) is 0 Å². The van der Waals surface area contributed by atoms with Gasteiger partial charge in [0.2, 0.25) is 0 Å². The fraction of sp³-hybridized carbons (Fsp3) is 0.500. The summed E-state index contributed by atoms with van der Waals surface area (Å²) in [6.45, 7) is 6.33. The monoisotopic (exact) mass is 243 g/mol. The molecular formula is C10H14BrNO. The number of pyridine rings is 1. The third-order valence-electron chi connectivity index (χ3n) is 1.94. The molecule has 1 rings (SSSR count). The summed E-state index contributed by atoms with van der Waals surface area (Å²) in [5, 5.41) is 0. The summed E-state index contributed by atoms with van der Waals surface area (Å²) in [4.78, 5) is 4.02. The standard InChI is InChI=1S/C10H14BrNO/c1-7(2)8(3)13-10-4-9(11)5-12-6-10/h4-8H,1-3H3. The molecular weight excluding hydrogens is 230 g/mol. The lowest BCUT2D eigenvalue weighted by Crippen LogP contribution is -2.18. The Balaban J connectivity index is 2.64. The maximum atomic E-state index is 5.66. The molecule has 0 saturated heterocycles. The van der Waals surface area contributed by atoms with Crippen LogP contribution >= 0.6 is 15.9 Å². The number of halogens is 1. The Morgan fingerprint density at radius 3 is 2.54 bits per heavy atom. The van der Waals surface area contributed by atoms with Gasteiger partial charge in [0.15, 0.2) is 0 Å². The molecule has 0 aromatic carbocycles. The van der Waals surface area contributed by atoms with Gasteiger partial charge in [-0.25, -0.2) is 0 Å². The Labute approximate surface area is 87.5 Å². The van der Waals surface area contributed by atoms with Crippen molar-refractivity contribution >= 4 is 15.9 Å². The summed E-state index contributed by atoms with van der Waals surface area (Å²) in [5.74, 6) is 1.33. The number of rotatable bonds is 3. The van der Waals surface area contributed by atoms with Gasteiger partial charge in [-0.2, -0.15) is 0 Å². The van der Waals surface area contributed by atoms with E-state index in [2.05, 4.69) is 41.7 Å². The average Bonchev–Trinajstić information content (AvgIpc) is 2.04. The first-order valence-electron chi connectivity index (χ1n) is 4.37. The SMILES string of the molecule is CC(C)C(C)Oc1cncc(Br)c1. The zero-order valence-electron chi connectivity index (χ0n) is 8.12. The molecule has 1 aromatic heterocycles. The Hall–Kier alpha value is -0.570. The molecule has 0 aliphatic carbocycles. The van der Waals surface area contributed by atoms with Crippen molar-refractivity contribution in [3.63, 3.8) is 0 Å². The molecule has 0 fully saturated rings. The van der Waals surface area contributed by atoms with Crippen LogP contribution in [0.15, 0.2) is 22.9 Å². The second-order valence-corrected chi connectivity index (χ2v) is 4.32. The van der Waals surface area contributed by atoms with Crippen LogP contribution in [0.1, 0.15) is 20.8 Å². The van der Waals surface area contributed by atoms with Crippen molar-refractivity contribution in [2.45, 2.75) is 26.9 Å². The molecule has 0 radical (unpaired) electrons. The predicted molar refractivity (Wildman–Crippen MR) is 56.9 cm³/mol. The second-order valence-electron chi connectivity index (χ2n) is 3.41. The molecule has 72 valence electrons.